The van der Waals surface area contributed by atoms with Crippen LogP contribution in [0.2, 0.25) is 0 Å². The van der Waals surface area contributed by atoms with Gasteiger partial charge < -0.3 is 69.0 Å². The molecule has 10 atom stereocenters. The summed E-state index contributed by atoms with van der Waals surface area (Å²) >= 11 is 0. The molecule has 15 heteroatoms. The highest BCUT2D eigenvalue weighted by Gasteiger charge is 2.47. The van der Waals surface area contributed by atoms with E-state index >= 15 is 0 Å². The van der Waals surface area contributed by atoms with E-state index in [1.165, 1.54) is 32.2 Å². The molecular formula is C28H32O15. The van der Waals surface area contributed by atoms with Crippen molar-refractivity contribution < 1.29 is 69.0 Å². The largest absolute Gasteiger partial charge is 0.507 e. The highest BCUT2D eigenvalue weighted by Crippen LogP contribution is 2.35. The van der Waals surface area contributed by atoms with Gasteiger partial charge in [-0.25, -0.2) is 0 Å². The van der Waals surface area contributed by atoms with Crippen molar-refractivity contribution in [1.82, 2.24) is 0 Å². The fourth-order valence-electron chi connectivity index (χ4n) is 4.92. The highest BCUT2D eigenvalue weighted by atomic mass is 16.7. The minimum absolute atomic E-state index is 0.0517. The summed E-state index contributed by atoms with van der Waals surface area (Å²) < 4.78 is 32.9. The summed E-state index contributed by atoms with van der Waals surface area (Å²) in [5.74, 6) is -0.605. The lowest BCUT2D eigenvalue weighted by Gasteiger charge is -2.42. The van der Waals surface area contributed by atoms with Crippen LogP contribution in [0.15, 0.2) is 45.6 Å². The van der Waals surface area contributed by atoms with E-state index in [1.54, 1.807) is 6.07 Å². The Morgan fingerprint density at radius 3 is 2.19 bits per heavy atom. The molecule has 15 nitrogen and oxygen atoms in total. The van der Waals surface area contributed by atoms with E-state index < -0.39 is 79.2 Å². The maximum Gasteiger partial charge on any atom is 0.229 e. The number of aromatic hydroxyl groups is 2. The molecular weight excluding hydrogens is 576 g/mol. The monoisotopic (exact) mass is 608 g/mol. The molecule has 2 aromatic carbocycles. The van der Waals surface area contributed by atoms with Crippen molar-refractivity contribution in [3.05, 3.63) is 46.6 Å². The maximum atomic E-state index is 12.8. The average molecular weight is 609 g/mol. The second-order valence-electron chi connectivity index (χ2n) is 10.3. The van der Waals surface area contributed by atoms with Gasteiger partial charge in [0.1, 0.15) is 71.0 Å². The smallest absolute Gasteiger partial charge is 0.229 e. The number of methoxy groups -OCH3 is 1. The standard InChI is InChI=1S/C28H32O15/c1-10-21(32)23(34)25(36)27(40-10)39-9-19-22(33)24(35)26(37)28(43-19)41-12-6-14(30)20-15(31)8-17(42-18(20)7-12)11-3-4-16(38-2)13(29)5-11/h3-8,10,19,21-30,32-37H,9H2,1-2H3/t10-,19+,21-,22+,23+,24-,25+,26+,27-,28+/m0/s1. The fraction of sp³-hybridized carbons (Fsp3) is 0.464. The van der Waals surface area contributed by atoms with E-state index in [9.17, 15) is 45.6 Å². The summed E-state index contributed by atoms with van der Waals surface area (Å²) in [7, 11) is 1.38. The third-order valence-electron chi connectivity index (χ3n) is 7.40. The number of aliphatic hydroxyl groups excluding tert-OH is 6. The van der Waals surface area contributed by atoms with E-state index in [0.717, 1.165) is 12.1 Å². The van der Waals surface area contributed by atoms with Crippen molar-refractivity contribution in [2.75, 3.05) is 13.7 Å². The number of hydrogen-bond donors (Lipinski definition) is 8. The van der Waals surface area contributed by atoms with Crippen LogP contribution in [0.3, 0.4) is 0 Å². The minimum Gasteiger partial charge on any atom is -0.507 e. The minimum atomic E-state index is -1.78. The van der Waals surface area contributed by atoms with Crippen LogP contribution in [-0.4, -0.2) is 116 Å². The van der Waals surface area contributed by atoms with Crippen molar-refractivity contribution in [2.24, 2.45) is 0 Å². The Morgan fingerprint density at radius 2 is 1.49 bits per heavy atom. The molecule has 0 saturated carbocycles. The van der Waals surface area contributed by atoms with Gasteiger partial charge in [0, 0.05) is 23.8 Å². The molecule has 0 radical (unpaired) electrons. The number of ether oxygens (including phenoxy) is 5. The number of hydrogen-bond acceptors (Lipinski definition) is 15. The van der Waals surface area contributed by atoms with E-state index in [4.69, 9.17) is 28.1 Å². The number of benzene rings is 2. The molecule has 8 N–H and O–H groups in total. The fourth-order valence-corrected chi connectivity index (χ4v) is 4.92. The van der Waals surface area contributed by atoms with Gasteiger partial charge in [0.05, 0.1) is 19.8 Å². The van der Waals surface area contributed by atoms with Crippen LogP contribution in [0.5, 0.6) is 23.0 Å². The summed E-state index contributed by atoms with van der Waals surface area (Å²) in [6.07, 6.45) is -15.0. The molecule has 5 rings (SSSR count). The molecule has 0 spiro atoms. The molecule has 0 aliphatic carbocycles. The predicted octanol–water partition coefficient (Wildman–Crippen LogP) is -1.09. The van der Waals surface area contributed by atoms with E-state index in [0.29, 0.717) is 5.56 Å². The average Bonchev–Trinajstić information content (AvgIpc) is 2.97. The van der Waals surface area contributed by atoms with Gasteiger partial charge in [-0.2, -0.15) is 0 Å². The summed E-state index contributed by atoms with van der Waals surface area (Å²) in [4.78, 5) is 12.8. The zero-order valence-electron chi connectivity index (χ0n) is 22.9. The Bertz CT molecular complexity index is 1510. The van der Waals surface area contributed by atoms with Crippen LogP contribution in [0.25, 0.3) is 22.3 Å². The lowest BCUT2D eigenvalue weighted by atomic mass is 9.98. The molecule has 2 fully saturated rings. The summed E-state index contributed by atoms with van der Waals surface area (Å²) in [5.41, 5.74) is -0.381. The molecule has 2 saturated heterocycles. The Hall–Kier alpha value is -3.51. The quantitative estimate of drug-likeness (QED) is 0.159. The number of aliphatic hydroxyl groups is 6. The van der Waals surface area contributed by atoms with Gasteiger partial charge in [0.2, 0.25) is 6.29 Å². The number of phenols is 2. The lowest BCUT2D eigenvalue weighted by Crippen LogP contribution is -2.61. The zero-order chi connectivity index (χ0) is 31.2. The van der Waals surface area contributed by atoms with Crippen LogP contribution in [0, 0.1) is 0 Å². The third kappa shape index (κ3) is 5.99. The first-order valence-corrected chi connectivity index (χ1v) is 13.3. The molecule has 0 bridgehead atoms. The lowest BCUT2D eigenvalue weighted by molar-refractivity contribution is -0.318. The van der Waals surface area contributed by atoms with Gasteiger partial charge in [-0.3, -0.25) is 4.79 Å². The van der Waals surface area contributed by atoms with Crippen LogP contribution in [0.4, 0.5) is 0 Å². The van der Waals surface area contributed by atoms with Gasteiger partial charge in [0.25, 0.3) is 0 Å². The zero-order valence-corrected chi connectivity index (χ0v) is 22.9. The van der Waals surface area contributed by atoms with Crippen molar-refractivity contribution in [2.45, 2.75) is 68.3 Å². The van der Waals surface area contributed by atoms with Crippen molar-refractivity contribution >= 4 is 11.0 Å². The van der Waals surface area contributed by atoms with E-state index in [-0.39, 0.29) is 34.0 Å². The highest BCUT2D eigenvalue weighted by molar-refractivity contribution is 5.86. The SMILES string of the molecule is COc1ccc(-c2cc(=O)c3c(O)cc(O[C@@H]4O[C@H](CO[C@H]5O[C@@H](C)[C@H](O)[C@@H](O)[C@H]5O)[C@@H](O)[C@H](O)[C@H]4O)cc3o2)cc1O. The normalized spacial score (nSPS) is 32.9. The molecule has 3 aromatic rings. The van der Waals surface area contributed by atoms with Gasteiger partial charge in [0.15, 0.2) is 23.2 Å². The summed E-state index contributed by atoms with van der Waals surface area (Å²) in [6.45, 7) is 0.953. The van der Waals surface area contributed by atoms with Crippen molar-refractivity contribution in [3.63, 3.8) is 0 Å². The van der Waals surface area contributed by atoms with Crippen molar-refractivity contribution in [1.29, 1.82) is 0 Å². The molecule has 0 amide bonds. The maximum absolute atomic E-state index is 12.8. The van der Waals surface area contributed by atoms with Gasteiger partial charge in [-0.15, -0.1) is 0 Å². The Morgan fingerprint density at radius 1 is 0.791 bits per heavy atom. The second kappa shape index (κ2) is 12.2. The second-order valence-corrected chi connectivity index (χ2v) is 10.3. The summed E-state index contributed by atoms with van der Waals surface area (Å²) in [5, 5.41) is 82.0. The predicted molar refractivity (Wildman–Crippen MR) is 143 cm³/mol. The Balaban J connectivity index is 1.36. The van der Waals surface area contributed by atoms with E-state index in [1.807, 2.05) is 0 Å². The molecule has 43 heavy (non-hydrogen) atoms. The van der Waals surface area contributed by atoms with Crippen LogP contribution in [-0.2, 0) is 14.2 Å². The molecule has 3 heterocycles. The van der Waals surface area contributed by atoms with Crippen LogP contribution in [0.1, 0.15) is 6.92 Å². The topological polar surface area (TPSA) is 238 Å². The van der Waals surface area contributed by atoms with Crippen molar-refractivity contribution in [3.8, 4) is 34.3 Å². The Kier molecular flexibility index (Phi) is 8.80. The number of rotatable bonds is 7. The Labute approximate surface area is 243 Å². The third-order valence-corrected chi connectivity index (χ3v) is 7.40. The van der Waals surface area contributed by atoms with Crippen LogP contribution < -0.4 is 14.9 Å². The molecule has 2 aliphatic rings. The number of phenolic OH excluding ortho intramolecular Hbond substituents is 2. The van der Waals surface area contributed by atoms with Gasteiger partial charge in [-0.1, -0.05) is 0 Å². The molecule has 1 aromatic heterocycles. The molecule has 0 unspecified atom stereocenters. The first-order chi connectivity index (χ1) is 20.4. The number of fused-ring (bicyclic) bond motifs is 1. The van der Waals surface area contributed by atoms with Gasteiger partial charge in [-0.05, 0) is 25.1 Å². The van der Waals surface area contributed by atoms with Crippen LogP contribution >= 0.6 is 0 Å². The van der Waals surface area contributed by atoms with E-state index in [2.05, 4.69) is 0 Å². The van der Waals surface area contributed by atoms with Gasteiger partial charge >= 0.3 is 0 Å². The summed E-state index contributed by atoms with van der Waals surface area (Å²) in [6, 6.07) is 7.78. The molecule has 234 valence electrons. The first kappa shape index (κ1) is 30.9. The first-order valence-electron chi connectivity index (χ1n) is 13.3. The molecule has 2 aliphatic heterocycles.